The first-order chi connectivity index (χ1) is 9.83. The lowest BCUT2D eigenvalue weighted by Gasteiger charge is -2.23. The summed E-state index contributed by atoms with van der Waals surface area (Å²) in [4.78, 5) is 4.53. The second-order valence-electron chi connectivity index (χ2n) is 5.01. The summed E-state index contributed by atoms with van der Waals surface area (Å²) < 4.78 is 10.8. The van der Waals surface area contributed by atoms with E-state index in [2.05, 4.69) is 39.7 Å². The number of nitrogens with one attached hydrogen (secondary N) is 1. The minimum absolute atomic E-state index is 0.0979. The largest absolute Gasteiger partial charge is 0.373 e. The van der Waals surface area contributed by atoms with Crippen molar-refractivity contribution in [2.45, 2.75) is 31.9 Å². The van der Waals surface area contributed by atoms with E-state index in [-0.39, 0.29) is 12.0 Å². The molecule has 1 aromatic heterocycles. The van der Waals surface area contributed by atoms with Gasteiger partial charge in [-0.05, 0) is 17.5 Å². The molecule has 1 aliphatic rings. The third-order valence-electron chi connectivity index (χ3n) is 3.79. The highest BCUT2D eigenvalue weighted by Gasteiger charge is 2.27. The number of aromatic nitrogens is 2. The average Bonchev–Trinajstić information content (AvgIpc) is 2.97. The zero-order chi connectivity index (χ0) is 13.9. The summed E-state index contributed by atoms with van der Waals surface area (Å²) in [6.45, 7) is 3.76. The summed E-state index contributed by atoms with van der Waals surface area (Å²) >= 11 is 0. The molecule has 2 aromatic rings. The van der Waals surface area contributed by atoms with Crippen LogP contribution in [0.1, 0.15) is 48.2 Å². The third-order valence-corrected chi connectivity index (χ3v) is 3.79. The molecule has 0 radical (unpaired) electrons. The minimum Gasteiger partial charge on any atom is -0.373 e. The molecule has 0 bridgehead atoms. The van der Waals surface area contributed by atoms with Gasteiger partial charge in [-0.15, -0.1) is 0 Å². The standard InChI is InChI=1S/C15H19N3O2/c1-3-13(19-2)14-17-15(20-18-14)12-9-16-8-10-6-4-5-7-11(10)12/h4-7,12-13,16H,3,8-9H2,1-2H3. The molecule has 5 nitrogen and oxygen atoms in total. The molecular formula is C15H19N3O2. The molecule has 106 valence electrons. The molecule has 1 N–H and O–H groups in total. The summed E-state index contributed by atoms with van der Waals surface area (Å²) in [7, 11) is 1.67. The van der Waals surface area contributed by atoms with Crippen molar-refractivity contribution in [3.63, 3.8) is 0 Å². The summed E-state index contributed by atoms with van der Waals surface area (Å²) in [5.74, 6) is 1.42. The molecule has 5 heteroatoms. The highest BCUT2D eigenvalue weighted by Crippen LogP contribution is 2.30. The summed E-state index contributed by atoms with van der Waals surface area (Å²) in [6, 6.07) is 8.38. The lowest BCUT2D eigenvalue weighted by atomic mass is 9.91. The van der Waals surface area contributed by atoms with Crippen LogP contribution in [0.15, 0.2) is 28.8 Å². The molecule has 0 saturated heterocycles. The van der Waals surface area contributed by atoms with Gasteiger partial charge < -0.3 is 14.6 Å². The quantitative estimate of drug-likeness (QED) is 0.927. The molecule has 2 unspecified atom stereocenters. The molecule has 0 saturated carbocycles. The van der Waals surface area contributed by atoms with Crippen molar-refractivity contribution < 1.29 is 9.26 Å². The lowest BCUT2D eigenvalue weighted by molar-refractivity contribution is 0.0903. The first-order valence-electron chi connectivity index (χ1n) is 6.98. The first kappa shape index (κ1) is 13.3. The van der Waals surface area contributed by atoms with Gasteiger partial charge in [-0.3, -0.25) is 0 Å². The van der Waals surface area contributed by atoms with E-state index in [1.165, 1.54) is 11.1 Å². The molecule has 0 aliphatic carbocycles. The molecule has 2 atom stereocenters. The van der Waals surface area contributed by atoms with Crippen LogP contribution in [-0.4, -0.2) is 23.8 Å². The smallest absolute Gasteiger partial charge is 0.235 e. The molecule has 3 rings (SSSR count). The van der Waals surface area contributed by atoms with Crippen molar-refractivity contribution in [3.8, 4) is 0 Å². The Morgan fingerprint density at radius 3 is 3.10 bits per heavy atom. The highest BCUT2D eigenvalue weighted by molar-refractivity contribution is 5.35. The van der Waals surface area contributed by atoms with E-state index in [0.717, 1.165) is 19.5 Å². The number of hydrogen-bond acceptors (Lipinski definition) is 5. The van der Waals surface area contributed by atoms with Crippen LogP contribution in [-0.2, 0) is 11.3 Å². The topological polar surface area (TPSA) is 60.2 Å². The van der Waals surface area contributed by atoms with E-state index >= 15 is 0 Å². The van der Waals surface area contributed by atoms with E-state index in [9.17, 15) is 0 Å². The second kappa shape index (κ2) is 5.73. The molecular weight excluding hydrogens is 254 g/mol. The van der Waals surface area contributed by atoms with Gasteiger partial charge in [0.15, 0.2) is 0 Å². The predicted octanol–water partition coefficient (Wildman–Crippen LogP) is 2.40. The normalized spacial score (nSPS) is 19.6. The maximum absolute atomic E-state index is 5.46. The average molecular weight is 273 g/mol. The van der Waals surface area contributed by atoms with Crippen LogP contribution >= 0.6 is 0 Å². The van der Waals surface area contributed by atoms with Gasteiger partial charge in [0.2, 0.25) is 11.7 Å². The van der Waals surface area contributed by atoms with Gasteiger partial charge in [0, 0.05) is 20.2 Å². The van der Waals surface area contributed by atoms with E-state index < -0.39 is 0 Å². The fourth-order valence-electron chi connectivity index (χ4n) is 2.69. The molecule has 2 heterocycles. The Balaban J connectivity index is 1.91. The van der Waals surface area contributed by atoms with E-state index in [1.807, 2.05) is 6.92 Å². The van der Waals surface area contributed by atoms with Gasteiger partial charge in [0.1, 0.15) is 6.10 Å². The zero-order valence-electron chi connectivity index (χ0n) is 11.8. The number of fused-ring (bicyclic) bond motifs is 1. The molecule has 0 spiro atoms. The van der Waals surface area contributed by atoms with Crippen molar-refractivity contribution in [3.05, 3.63) is 47.1 Å². The Morgan fingerprint density at radius 1 is 1.45 bits per heavy atom. The Bertz CT molecular complexity index is 578. The van der Waals surface area contributed by atoms with E-state index in [4.69, 9.17) is 9.26 Å². The van der Waals surface area contributed by atoms with Crippen LogP contribution in [0.5, 0.6) is 0 Å². The number of nitrogens with zero attached hydrogens (tertiary/aromatic N) is 2. The molecule has 20 heavy (non-hydrogen) atoms. The fourth-order valence-corrected chi connectivity index (χ4v) is 2.69. The fraction of sp³-hybridized carbons (Fsp3) is 0.467. The van der Waals surface area contributed by atoms with Crippen LogP contribution in [0.25, 0.3) is 0 Å². The predicted molar refractivity (Wildman–Crippen MR) is 74.3 cm³/mol. The minimum atomic E-state index is -0.0979. The Hall–Kier alpha value is -1.72. The van der Waals surface area contributed by atoms with Crippen molar-refractivity contribution in [1.29, 1.82) is 0 Å². The molecule has 1 aliphatic heterocycles. The van der Waals surface area contributed by atoms with Crippen LogP contribution in [0.4, 0.5) is 0 Å². The number of methoxy groups -OCH3 is 1. The van der Waals surface area contributed by atoms with E-state index in [1.54, 1.807) is 7.11 Å². The van der Waals surface area contributed by atoms with Gasteiger partial charge >= 0.3 is 0 Å². The summed E-state index contributed by atoms with van der Waals surface area (Å²) in [5.41, 5.74) is 2.56. The van der Waals surface area contributed by atoms with Crippen LogP contribution in [0.2, 0.25) is 0 Å². The van der Waals surface area contributed by atoms with Crippen LogP contribution < -0.4 is 5.32 Å². The summed E-state index contributed by atoms with van der Waals surface area (Å²) in [6.07, 6.45) is 0.730. The number of ether oxygens (including phenoxy) is 1. The van der Waals surface area contributed by atoms with Crippen LogP contribution in [0, 0.1) is 0 Å². The van der Waals surface area contributed by atoms with Crippen LogP contribution in [0.3, 0.4) is 0 Å². The van der Waals surface area contributed by atoms with Gasteiger partial charge in [0.25, 0.3) is 0 Å². The number of hydrogen-bond donors (Lipinski definition) is 1. The van der Waals surface area contributed by atoms with Gasteiger partial charge in [0.05, 0.1) is 5.92 Å². The third kappa shape index (κ3) is 2.34. The second-order valence-corrected chi connectivity index (χ2v) is 5.01. The Kier molecular flexibility index (Phi) is 3.80. The molecule has 0 amide bonds. The van der Waals surface area contributed by atoms with Gasteiger partial charge in [-0.2, -0.15) is 4.98 Å². The van der Waals surface area contributed by atoms with Crippen molar-refractivity contribution >= 4 is 0 Å². The first-order valence-corrected chi connectivity index (χ1v) is 6.98. The van der Waals surface area contributed by atoms with E-state index in [0.29, 0.717) is 11.7 Å². The van der Waals surface area contributed by atoms with Crippen molar-refractivity contribution in [2.75, 3.05) is 13.7 Å². The molecule has 1 aromatic carbocycles. The summed E-state index contributed by atoms with van der Waals surface area (Å²) in [5, 5.41) is 7.46. The number of rotatable bonds is 4. The van der Waals surface area contributed by atoms with Crippen molar-refractivity contribution in [2.24, 2.45) is 0 Å². The van der Waals surface area contributed by atoms with Gasteiger partial charge in [-0.25, -0.2) is 0 Å². The Morgan fingerprint density at radius 2 is 2.30 bits per heavy atom. The Labute approximate surface area is 118 Å². The zero-order valence-corrected chi connectivity index (χ0v) is 11.8. The number of benzene rings is 1. The lowest BCUT2D eigenvalue weighted by Crippen LogP contribution is -2.28. The maximum Gasteiger partial charge on any atom is 0.235 e. The van der Waals surface area contributed by atoms with Gasteiger partial charge in [-0.1, -0.05) is 36.3 Å². The SMILES string of the molecule is CCC(OC)c1noc(C2CNCc3ccccc32)n1. The molecule has 0 fully saturated rings. The maximum atomic E-state index is 5.46. The van der Waals surface area contributed by atoms with Crippen molar-refractivity contribution in [1.82, 2.24) is 15.5 Å². The highest BCUT2D eigenvalue weighted by atomic mass is 16.5. The monoisotopic (exact) mass is 273 g/mol.